The van der Waals surface area contributed by atoms with Crippen molar-refractivity contribution in [3.05, 3.63) is 51.6 Å². The Bertz CT molecular complexity index is 1230. The molecular weight excluding hydrogens is 452 g/mol. The summed E-state index contributed by atoms with van der Waals surface area (Å²) in [5.41, 5.74) is 4.85. The quantitative estimate of drug-likeness (QED) is 0.625. The van der Waals surface area contributed by atoms with Gasteiger partial charge in [0.15, 0.2) is 0 Å². The molecule has 5 nitrogen and oxygen atoms in total. The Hall–Kier alpha value is -1.83. The fourth-order valence-corrected chi connectivity index (χ4v) is 6.87. The van der Waals surface area contributed by atoms with Gasteiger partial charge < -0.3 is 14.6 Å². The molecule has 5 rings (SSSR count). The van der Waals surface area contributed by atoms with Crippen LogP contribution in [0.4, 0.5) is 0 Å². The number of methoxy groups -OCH3 is 1. The van der Waals surface area contributed by atoms with Crippen LogP contribution in [0.15, 0.2) is 44.6 Å². The highest BCUT2D eigenvalue weighted by Gasteiger charge is 2.30. The van der Waals surface area contributed by atoms with E-state index in [2.05, 4.69) is 25.8 Å². The van der Waals surface area contributed by atoms with Gasteiger partial charge in [-0.3, -0.25) is 0 Å². The van der Waals surface area contributed by atoms with Crippen LogP contribution in [0.1, 0.15) is 23.2 Å². The van der Waals surface area contributed by atoms with Crippen LogP contribution < -0.4 is 10.1 Å². The molecule has 2 aliphatic heterocycles. The molecule has 0 radical (unpaired) electrons. The number of rotatable bonds is 3. The van der Waals surface area contributed by atoms with Crippen LogP contribution >= 0.6 is 15.9 Å². The maximum Gasteiger partial charge on any atom is 0.210 e. The SMILES string of the molecule is COc1cc(Br)ccc1S(=O)(=O)c1ccc2c3c(n4c2c1CCC4)CCNCC3. The van der Waals surface area contributed by atoms with Crippen LogP contribution in [-0.2, 0) is 35.6 Å². The number of aryl methyl sites for hydroxylation is 2. The fraction of sp³-hybridized carbons (Fsp3) is 0.364. The highest BCUT2D eigenvalue weighted by molar-refractivity contribution is 9.10. The Morgan fingerprint density at radius 3 is 2.66 bits per heavy atom. The van der Waals surface area contributed by atoms with E-state index >= 15 is 0 Å². The third-order valence-electron chi connectivity index (χ3n) is 6.11. The second-order valence-electron chi connectivity index (χ2n) is 7.67. The lowest BCUT2D eigenvalue weighted by Gasteiger charge is -2.21. The third-order valence-corrected chi connectivity index (χ3v) is 8.48. The van der Waals surface area contributed by atoms with Crippen molar-refractivity contribution >= 4 is 36.7 Å². The molecule has 2 aliphatic rings. The van der Waals surface area contributed by atoms with Crippen LogP contribution in [0.25, 0.3) is 10.9 Å². The van der Waals surface area contributed by atoms with Crippen molar-refractivity contribution in [2.45, 2.75) is 42.0 Å². The van der Waals surface area contributed by atoms with Crippen molar-refractivity contribution in [3.63, 3.8) is 0 Å². The van der Waals surface area contributed by atoms with Gasteiger partial charge in [0.25, 0.3) is 0 Å². The van der Waals surface area contributed by atoms with E-state index in [1.165, 1.54) is 23.8 Å². The lowest BCUT2D eigenvalue weighted by molar-refractivity contribution is 0.402. The summed E-state index contributed by atoms with van der Waals surface area (Å²) in [4.78, 5) is 0.630. The van der Waals surface area contributed by atoms with E-state index in [1.807, 2.05) is 12.1 Å². The van der Waals surface area contributed by atoms with Crippen molar-refractivity contribution in [1.29, 1.82) is 0 Å². The smallest absolute Gasteiger partial charge is 0.210 e. The molecule has 0 bridgehead atoms. The molecule has 0 amide bonds. The third kappa shape index (κ3) is 2.94. The molecule has 0 aliphatic carbocycles. The average molecular weight is 475 g/mol. The highest BCUT2D eigenvalue weighted by atomic mass is 79.9. The maximum absolute atomic E-state index is 13.7. The topological polar surface area (TPSA) is 60.3 Å². The number of benzene rings is 2. The average Bonchev–Trinajstić information content (AvgIpc) is 2.88. The molecule has 3 aromatic rings. The molecule has 152 valence electrons. The molecule has 0 spiro atoms. The summed E-state index contributed by atoms with van der Waals surface area (Å²) in [6.45, 7) is 2.90. The van der Waals surface area contributed by atoms with Crippen LogP contribution in [0.3, 0.4) is 0 Å². The zero-order chi connectivity index (χ0) is 20.2. The van der Waals surface area contributed by atoms with Gasteiger partial charge in [-0.05, 0) is 61.2 Å². The van der Waals surface area contributed by atoms with E-state index in [1.54, 1.807) is 18.2 Å². The summed E-state index contributed by atoms with van der Waals surface area (Å²) >= 11 is 3.40. The van der Waals surface area contributed by atoms with E-state index < -0.39 is 9.84 Å². The summed E-state index contributed by atoms with van der Waals surface area (Å²) in [6, 6.07) is 8.90. The zero-order valence-corrected chi connectivity index (χ0v) is 18.7. The number of halogens is 1. The molecule has 1 aromatic heterocycles. The normalized spacial score (nSPS) is 16.5. The molecule has 2 aromatic carbocycles. The fourth-order valence-electron chi connectivity index (χ4n) is 4.87. The first-order valence-corrected chi connectivity index (χ1v) is 12.2. The Morgan fingerprint density at radius 2 is 1.83 bits per heavy atom. The Kier molecular flexibility index (Phi) is 4.72. The summed E-state index contributed by atoms with van der Waals surface area (Å²) < 4.78 is 35.9. The van der Waals surface area contributed by atoms with Gasteiger partial charge in [0.2, 0.25) is 9.84 Å². The molecule has 0 fully saturated rings. The Morgan fingerprint density at radius 1 is 1.03 bits per heavy atom. The van der Waals surface area contributed by atoms with Crippen molar-refractivity contribution in [2.75, 3.05) is 20.2 Å². The summed E-state index contributed by atoms with van der Waals surface area (Å²) in [7, 11) is -2.19. The second kappa shape index (κ2) is 7.15. The first-order chi connectivity index (χ1) is 14.0. The largest absolute Gasteiger partial charge is 0.495 e. The molecule has 0 atom stereocenters. The summed E-state index contributed by atoms with van der Waals surface area (Å²) in [6.07, 6.45) is 3.73. The molecule has 7 heteroatoms. The molecule has 0 unspecified atom stereocenters. The lowest BCUT2D eigenvalue weighted by Crippen LogP contribution is -2.18. The Labute approximate surface area is 179 Å². The molecule has 1 N–H and O–H groups in total. The first kappa shape index (κ1) is 19.2. The van der Waals surface area contributed by atoms with Crippen molar-refractivity contribution in [2.24, 2.45) is 0 Å². The van der Waals surface area contributed by atoms with Crippen molar-refractivity contribution in [1.82, 2.24) is 9.88 Å². The molecule has 0 saturated heterocycles. The number of aromatic nitrogens is 1. The van der Waals surface area contributed by atoms with Gasteiger partial charge in [0.1, 0.15) is 10.6 Å². The van der Waals surface area contributed by atoms with E-state index in [-0.39, 0.29) is 4.90 Å². The number of hydrogen-bond acceptors (Lipinski definition) is 4. The monoisotopic (exact) mass is 474 g/mol. The minimum atomic E-state index is -3.70. The predicted molar refractivity (Wildman–Crippen MR) is 117 cm³/mol. The van der Waals surface area contributed by atoms with Crippen LogP contribution in [0, 0.1) is 0 Å². The zero-order valence-electron chi connectivity index (χ0n) is 16.3. The number of fused-ring (bicyclic) bond motifs is 3. The van der Waals surface area contributed by atoms with Gasteiger partial charge in [0.05, 0.1) is 17.5 Å². The van der Waals surface area contributed by atoms with Gasteiger partial charge in [-0.15, -0.1) is 0 Å². The Balaban J connectivity index is 1.77. The second-order valence-corrected chi connectivity index (χ2v) is 10.5. The van der Waals surface area contributed by atoms with Crippen molar-refractivity contribution < 1.29 is 13.2 Å². The molecular formula is C22H23BrN2O3S. The number of sulfone groups is 1. The van der Waals surface area contributed by atoms with E-state index in [4.69, 9.17) is 4.74 Å². The van der Waals surface area contributed by atoms with Crippen LogP contribution in [-0.4, -0.2) is 33.2 Å². The molecule has 29 heavy (non-hydrogen) atoms. The highest BCUT2D eigenvalue weighted by Crippen LogP contribution is 2.40. The van der Waals surface area contributed by atoms with Crippen LogP contribution in [0.2, 0.25) is 0 Å². The minimum Gasteiger partial charge on any atom is -0.495 e. The number of nitrogens with zero attached hydrogens (tertiary/aromatic N) is 1. The summed E-state index contributed by atoms with van der Waals surface area (Å²) in [5.74, 6) is 0.361. The van der Waals surface area contributed by atoms with E-state index in [0.29, 0.717) is 10.6 Å². The molecule has 0 saturated carbocycles. The van der Waals surface area contributed by atoms with E-state index in [0.717, 1.165) is 60.9 Å². The van der Waals surface area contributed by atoms with Gasteiger partial charge in [-0.2, -0.15) is 0 Å². The number of ether oxygens (including phenoxy) is 1. The predicted octanol–water partition coefficient (Wildman–Crippen LogP) is 3.88. The van der Waals surface area contributed by atoms with Crippen LogP contribution in [0.5, 0.6) is 5.75 Å². The summed E-state index contributed by atoms with van der Waals surface area (Å²) in [5, 5.41) is 4.70. The number of hydrogen-bond donors (Lipinski definition) is 1. The lowest BCUT2D eigenvalue weighted by atomic mass is 10.0. The maximum atomic E-state index is 13.7. The molecule has 3 heterocycles. The standard InChI is InChI=1S/C22H23BrN2O3S/c1-28-19-13-14(23)4-6-21(19)29(26,27)20-7-5-16-15-8-10-24-11-9-18(15)25-12-2-3-17(20)22(16)25/h4-7,13,24H,2-3,8-12H2,1H3. The van der Waals surface area contributed by atoms with Gasteiger partial charge in [-0.1, -0.05) is 22.0 Å². The van der Waals surface area contributed by atoms with E-state index in [9.17, 15) is 8.42 Å². The number of nitrogens with one attached hydrogen (secondary N) is 1. The van der Waals surface area contributed by atoms with Gasteiger partial charge in [0, 0.05) is 35.1 Å². The minimum absolute atomic E-state index is 0.216. The van der Waals surface area contributed by atoms with Gasteiger partial charge in [-0.25, -0.2) is 8.42 Å². The van der Waals surface area contributed by atoms with Crippen molar-refractivity contribution in [3.8, 4) is 5.75 Å². The first-order valence-electron chi connectivity index (χ1n) is 9.97. The van der Waals surface area contributed by atoms with Gasteiger partial charge >= 0.3 is 0 Å².